The van der Waals surface area contributed by atoms with Gasteiger partial charge in [0.05, 0.1) is 11.0 Å². The molecule has 1 atom stereocenters. The second kappa shape index (κ2) is 7.36. The Morgan fingerprint density at radius 2 is 1.90 bits per heavy atom. The van der Waals surface area contributed by atoms with Crippen LogP contribution in [0.15, 0.2) is 24.3 Å². The van der Waals surface area contributed by atoms with Crippen LogP contribution in [0, 0.1) is 16.0 Å². The van der Waals surface area contributed by atoms with E-state index in [2.05, 4.69) is 5.32 Å². The van der Waals surface area contributed by atoms with Gasteiger partial charge in [0.2, 0.25) is 0 Å². The molecule has 1 saturated carbocycles. The highest BCUT2D eigenvalue weighted by Gasteiger charge is 2.14. The molecular formula is C15H22N2O3. The van der Waals surface area contributed by atoms with Gasteiger partial charge in [-0.1, -0.05) is 19.3 Å². The number of nitrogens with one attached hydrogen (secondary N) is 1. The lowest BCUT2D eigenvalue weighted by atomic mass is 9.89. The predicted molar refractivity (Wildman–Crippen MR) is 77.5 cm³/mol. The fourth-order valence-electron chi connectivity index (χ4n) is 2.75. The summed E-state index contributed by atoms with van der Waals surface area (Å²) in [6.45, 7) is 1.44. The maximum atomic E-state index is 10.6. The van der Waals surface area contributed by atoms with Crippen molar-refractivity contribution in [3.05, 3.63) is 39.9 Å². The maximum Gasteiger partial charge on any atom is 0.269 e. The first-order valence-electron chi connectivity index (χ1n) is 7.30. The van der Waals surface area contributed by atoms with Crippen molar-refractivity contribution in [2.45, 2.75) is 38.2 Å². The van der Waals surface area contributed by atoms with E-state index in [0.717, 1.165) is 12.5 Å². The minimum atomic E-state index is -0.612. The predicted octanol–water partition coefficient (Wildman–Crippen LogP) is 2.80. The fourth-order valence-corrected chi connectivity index (χ4v) is 2.75. The number of nitrogens with zero attached hydrogens (tertiary/aromatic N) is 1. The van der Waals surface area contributed by atoms with Crippen LogP contribution in [0.1, 0.15) is 43.8 Å². The average Bonchev–Trinajstić information content (AvgIpc) is 2.48. The normalized spacial score (nSPS) is 17.9. The van der Waals surface area contributed by atoms with Gasteiger partial charge in [-0.05, 0) is 43.0 Å². The number of aliphatic hydroxyl groups excluding tert-OH is 1. The number of non-ortho nitro benzene ring substituents is 1. The number of nitro groups is 1. The number of benzene rings is 1. The lowest BCUT2D eigenvalue weighted by Crippen LogP contribution is -2.28. The molecule has 5 nitrogen and oxygen atoms in total. The number of aliphatic hydroxyl groups is 1. The molecule has 2 N–H and O–H groups in total. The molecule has 2 rings (SSSR count). The van der Waals surface area contributed by atoms with Crippen LogP contribution in [-0.2, 0) is 0 Å². The first-order chi connectivity index (χ1) is 9.66. The minimum Gasteiger partial charge on any atom is -0.387 e. The van der Waals surface area contributed by atoms with Gasteiger partial charge in [0.25, 0.3) is 5.69 Å². The molecule has 0 amide bonds. The van der Waals surface area contributed by atoms with Crippen molar-refractivity contribution < 1.29 is 10.0 Å². The molecule has 110 valence electrons. The first-order valence-corrected chi connectivity index (χ1v) is 7.30. The Morgan fingerprint density at radius 1 is 1.25 bits per heavy atom. The average molecular weight is 278 g/mol. The summed E-state index contributed by atoms with van der Waals surface area (Å²) in [7, 11) is 0. The zero-order valence-electron chi connectivity index (χ0n) is 11.6. The van der Waals surface area contributed by atoms with Crippen LogP contribution in [0.5, 0.6) is 0 Å². The van der Waals surface area contributed by atoms with Gasteiger partial charge in [0.15, 0.2) is 0 Å². The van der Waals surface area contributed by atoms with Crippen LogP contribution in [0.25, 0.3) is 0 Å². The van der Waals surface area contributed by atoms with E-state index in [1.54, 1.807) is 12.1 Å². The summed E-state index contributed by atoms with van der Waals surface area (Å²) in [6.07, 6.45) is 5.93. The molecule has 1 aliphatic carbocycles. The van der Waals surface area contributed by atoms with Crippen molar-refractivity contribution in [2.24, 2.45) is 5.92 Å². The minimum absolute atomic E-state index is 0.0520. The summed E-state index contributed by atoms with van der Waals surface area (Å²) >= 11 is 0. The quantitative estimate of drug-likeness (QED) is 0.619. The standard InChI is InChI=1S/C15H22N2O3/c18-15(11-16-10-12-4-2-1-3-5-12)13-6-8-14(9-7-13)17(19)20/h6-9,12,15-16,18H,1-5,10-11H2. The van der Waals surface area contributed by atoms with Gasteiger partial charge in [0, 0.05) is 18.7 Å². The van der Waals surface area contributed by atoms with Crippen molar-refractivity contribution in [1.29, 1.82) is 0 Å². The Morgan fingerprint density at radius 3 is 2.50 bits per heavy atom. The molecule has 0 bridgehead atoms. The number of rotatable bonds is 6. The number of hydrogen-bond donors (Lipinski definition) is 2. The Balaban J connectivity index is 1.76. The first kappa shape index (κ1) is 14.9. The van der Waals surface area contributed by atoms with Crippen LogP contribution in [0.3, 0.4) is 0 Å². The van der Waals surface area contributed by atoms with E-state index in [-0.39, 0.29) is 5.69 Å². The molecule has 0 spiro atoms. The Hall–Kier alpha value is -1.46. The van der Waals surface area contributed by atoms with Crippen LogP contribution >= 0.6 is 0 Å². The van der Waals surface area contributed by atoms with Crippen LogP contribution in [0.4, 0.5) is 5.69 Å². The lowest BCUT2D eigenvalue weighted by molar-refractivity contribution is -0.384. The van der Waals surface area contributed by atoms with E-state index in [0.29, 0.717) is 12.1 Å². The topological polar surface area (TPSA) is 75.4 Å². The SMILES string of the molecule is O=[N+]([O-])c1ccc(C(O)CNCC2CCCCC2)cc1. The molecular weight excluding hydrogens is 256 g/mol. The molecule has 5 heteroatoms. The summed E-state index contributed by atoms with van der Waals surface area (Å²) in [5.74, 6) is 0.729. The van der Waals surface area contributed by atoms with Crippen molar-refractivity contribution in [2.75, 3.05) is 13.1 Å². The molecule has 1 unspecified atom stereocenters. The molecule has 0 aliphatic heterocycles. The summed E-state index contributed by atoms with van der Waals surface area (Å²) in [6, 6.07) is 6.09. The number of hydrogen-bond acceptors (Lipinski definition) is 4. The highest BCUT2D eigenvalue weighted by Crippen LogP contribution is 2.23. The molecule has 0 heterocycles. The summed E-state index contributed by atoms with van der Waals surface area (Å²) in [5.41, 5.74) is 0.767. The van der Waals surface area contributed by atoms with Crippen molar-refractivity contribution in [1.82, 2.24) is 5.32 Å². The van der Waals surface area contributed by atoms with Gasteiger partial charge in [-0.3, -0.25) is 10.1 Å². The second-order valence-corrected chi connectivity index (χ2v) is 5.53. The smallest absolute Gasteiger partial charge is 0.269 e. The van der Waals surface area contributed by atoms with Crippen LogP contribution in [-0.4, -0.2) is 23.1 Å². The van der Waals surface area contributed by atoms with Gasteiger partial charge in [-0.15, -0.1) is 0 Å². The van der Waals surface area contributed by atoms with Crippen LogP contribution < -0.4 is 5.32 Å². The van der Waals surface area contributed by atoms with Gasteiger partial charge >= 0.3 is 0 Å². The molecule has 1 aromatic carbocycles. The Kier molecular flexibility index (Phi) is 5.49. The Labute approximate surface area is 119 Å². The van der Waals surface area contributed by atoms with Gasteiger partial charge in [0.1, 0.15) is 0 Å². The number of nitro benzene ring substituents is 1. The van der Waals surface area contributed by atoms with Gasteiger partial charge in [-0.25, -0.2) is 0 Å². The molecule has 0 aromatic heterocycles. The molecule has 0 saturated heterocycles. The third kappa shape index (κ3) is 4.28. The third-order valence-electron chi connectivity index (χ3n) is 3.98. The summed E-state index contributed by atoms with van der Waals surface area (Å²) in [5, 5.41) is 23.9. The summed E-state index contributed by atoms with van der Waals surface area (Å²) < 4.78 is 0. The zero-order chi connectivity index (χ0) is 14.4. The second-order valence-electron chi connectivity index (χ2n) is 5.53. The van der Waals surface area contributed by atoms with Crippen molar-refractivity contribution >= 4 is 5.69 Å². The molecule has 1 fully saturated rings. The fraction of sp³-hybridized carbons (Fsp3) is 0.600. The molecule has 0 radical (unpaired) electrons. The largest absolute Gasteiger partial charge is 0.387 e. The Bertz CT molecular complexity index is 427. The monoisotopic (exact) mass is 278 g/mol. The third-order valence-corrected chi connectivity index (χ3v) is 3.98. The van der Waals surface area contributed by atoms with E-state index >= 15 is 0 Å². The van der Waals surface area contributed by atoms with Crippen LogP contribution in [0.2, 0.25) is 0 Å². The van der Waals surface area contributed by atoms with Gasteiger partial charge < -0.3 is 10.4 Å². The maximum absolute atomic E-state index is 10.6. The van der Waals surface area contributed by atoms with E-state index in [1.807, 2.05) is 0 Å². The van der Waals surface area contributed by atoms with E-state index < -0.39 is 11.0 Å². The molecule has 1 aromatic rings. The van der Waals surface area contributed by atoms with Crippen molar-refractivity contribution in [3.63, 3.8) is 0 Å². The highest BCUT2D eigenvalue weighted by molar-refractivity contribution is 5.33. The zero-order valence-corrected chi connectivity index (χ0v) is 11.6. The van der Waals surface area contributed by atoms with E-state index in [4.69, 9.17) is 0 Å². The summed E-state index contributed by atoms with van der Waals surface area (Å²) in [4.78, 5) is 10.1. The van der Waals surface area contributed by atoms with E-state index in [9.17, 15) is 15.2 Å². The van der Waals surface area contributed by atoms with Gasteiger partial charge in [-0.2, -0.15) is 0 Å². The van der Waals surface area contributed by atoms with E-state index in [1.165, 1.54) is 44.2 Å². The van der Waals surface area contributed by atoms with Crippen molar-refractivity contribution in [3.8, 4) is 0 Å². The highest BCUT2D eigenvalue weighted by atomic mass is 16.6. The molecule has 1 aliphatic rings. The molecule has 20 heavy (non-hydrogen) atoms. The lowest BCUT2D eigenvalue weighted by Gasteiger charge is -2.22.